The van der Waals surface area contributed by atoms with Crippen molar-refractivity contribution in [1.82, 2.24) is 5.32 Å². The molecule has 0 spiro atoms. The van der Waals surface area contributed by atoms with E-state index in [9.17, 15) is 9.59 Å². The summed E-state index contributed by atoms with van der Waals surface area (Å²) in [5.41, 5.74) is 0.277. The Labute approximate surface area is 170 Å². The van der Waals surface area contributed by atoms with Crippen LogP contribution in [0.5, 0.6) is 17.2 Å². The third-order valence-electron chi connectivity index (χ3n) is 3.62. The Morgan fingerprint density at radius 3 is 2.34 bits per heavy atom. The number of hydrogen-bond donors (Lipinski definition) is 1. The quantitative estimate of drug-likeness (QED) is 0.460. The number of carbonyl (C=O) groups excluding carboxylic acids is 2. The maximum atomic E-state index is 12.2. The summed E-state index contributed by atoms with van der Waals surface area (Å²) in [7, 11) is 0. The molecule has 0 aliphatic carbocycles. The molecule has 1 amide bonds. The normalized spacial score (nSPS) is 10.3. The second-order valence-corrected chi connectivity index (χ2v) is 6.40. The fraction of sp³-hybridized carbons (Fsp3) is 0.364. The molecule has 0 saturated heterocycles. The maximum Gasteiger partial charge on any atom is 0.338 e. The first-order chi connectivity index (χ1) is 14.0. The molecular formula is C22H27NO6. The zero-order valence-electron chi connectivity index (χ0n) is 17.0. The van der Waals surface area contributed by atoms with Crippen molar-refractivity contribution in [2.45, 2.75) is 26.8 Å². The predicted octanol–water partition coefficient (Wildman–Crippen LogP) is 3.22. The Morgan fingerprint density at radius 2 is 1.66 bits per heavy atom. The smallest absolute Gasteiger partial charge is 0.338 e. The van der Waals surface area contributed by atoms with Crippen LogP contribution in [0, 0.1) is 0 Å². The summed E-state index contributed by atoms with van der Waals surface area (Å²) >= 11 is 0. The van der Waals surface area contributed by atoms with E-state index in [4.69, 9.17) is 18.9 Å². The number of rotatable bonds is 11. The maximum absolute atomic E-state index is 12.2. The van der Waals surface area contributed by atoms with Gasteiger partial charge in [-0.3, -0.25) is 4.79 Å². The highest BCUT2D eigenvalue weighted by molar-refractivity contribution is 5.92. The summed E-state index contributed by atoms with van der Waals surface area (Å²) in [5.74, 6) is 0.729. The van der Waals surface area contributed by atoms with Crippen LogP contribution in [0.25, 0.3) is 0 Å². The molecule has 29 heavy (non-hydrogen) atoms. The van der Waals surface area contributed by atoms with Gasteiger partial charge in [0.1, 0.15) is 19.0 Å². The SMILES string of the molecule is CCOc1cc(C(=O)OCC(=O)NC(C)C)ccc1OCCOc1ccccc1. The number of nitrogens with one attached hydrogen (secondary N) is 1. The van der Waals surface area contributed by atoms with Gasteiger partial charge in [0, 0.05) is 6.04 Å². The summed E-state index contributed by atoms with van der Waals surface area (Å²) < 4.78 is 21.9. The fourth-order valence-corrected chi connectivity index (χ4v) is 2.43. The number of esters is 1. The van der Waals surface area contributed by atoms with Crippen LogP contribution in [0.2, 0.25) is 0 Å². The lowest BCUT2D eigenvalue weighted by molar-refractivity contribution is -0.124. The minimum Gasteiger partial charge on any atom is -0.490 e. The number of ether oxygens (including phenoxy) is 4. The van der Waals surface area contributed by atoms with Gasteiger partial charge in [0.05, 0.1) is 12.2 Å². The summed E-state index contributed by atoms with van der Waals surface area (Å²) in [4.78, 5) is 23.8. The molecule has 0 aliphatic rings. The second kappa shape index (κ2) is 11.6. The van der Waals surface area contributed by atoms with Crippen molar-refractivity contribution in [1.29, 1.82) is 0 Å². The number of carbonyl (C=O) groups is 2. The molecule has 0 aromatic heterocycles. The summed E-state index contributed by atoms with van der Waals surface area (Å²) in [5, 5.41) is 2.66. The first kappa shape index (κ1) is 22.1. The monoisotopic (exact) mass is 401 g/mol. The first-order valence-electron chi connectivity index (χ1n) is 9.53. The molecule has 0 saturated carbocycles. The average molecular weight is 401 g/mol. The highest BCUT2D eigenvalue weighted by atomic mass is 16.5. The molecular weight excluding hydrogens is 374 g/mol. The third kappa shape index (κ3) is 7.73. The highest BCUT2D eigenvalue weighted by Gasteiger charge is 2.14. The van der Waals surface area contributed by atoms with E-state index in [1.54, 1.807) is 18.2 Å². The number of para-hydroxylation sites is 1. The Hall–Kier alpha value is -3.22. The third-order valence-corrected chi connectivity index (χ3v) is 3.62. The standard InChI is InChI=1S/C22H27NO6/c1-4-26-20-14-17(22(25)29-15-21(24)23-16(2)3)10-11-19(20)28-13-12-27-18-8-6-5-7-9-18/h5-11,14,16H,4,12-13,15H2,1-3H3,(H,23,24). The molecule has 1 N–H and O–H groups in total. The van der Waals surface area contributed by atoms with Gasteiger partial charge in [-0.05, 0) is 51.1 Å². The number of benzene rings is 2. The van der Waals surface area contributed by atoms with Crippen molar-refractivity contribution in [3.05, 3.63) is 54.1 Å². The summed E-state index contributed by atoms with van der Waals surface area (Å²) in [6.45, 7) is 6.25. The molecule has 0 atom stereocenters. The Bertz CT molecular complexity index is 791. The minimum atomic E-state index is -0.608. The number of amides is 1. The minimum absolute atomic E-state index is 0.0203. The lowest BCUT2D eigenvalue weighted by atomic mass is 10.2. The van der Waals surface area contributed by atoms with Gasteiger partial charge < -0.3 is 24.3 Å². The van der Waals surface area contributed by atoms with Gasteiger partial charge in [0.2, 0.25) is 0 Å². The molecule has 0 aliphatic heterocycles. The summed E-state index contributed by atoms with van der Waals surface area (Å²) in [6.07, 6.45) is 0. The Balaban J connectivity index is 1.91. The number of hydrogen-bond acceptors (Lipinski definition) is 6. The van der Waals surface area contributed by atoms with Gasteiger partial charge in [0.25, 0.3) is 5.91 Å². The van der Waals surface area contributed by atoms with Crippen LogP contribution >= 0.6 is 0 Å². The van der Waals surface area contributed by atoms with Crippen LogP contribution in [0.15, 0.2) is 48.5 Å². The van der Waals surface area contributed by atoms with Gasteiger partial charge in [0.15, 0.2) is 18.1 Å². The molecule has 7 nitrogen and oxygen atoms in total. The van der Waals surface area contributed by atoms with E-state index in [0.717, 1.165) is 5.75 Å². The topological polar surface area (TPSA) is 83.1 Å². The molecule has 7 heteroatoms. The lowest BCUT2D eigenvalue weighted by Gasteiger charge is -2.14. The lowest BCUT2D eigenvalue weighted by Crippen LogP contribution is -2.33. The fourth-order valence-electron chi connectivity index (χ4n) is 2.43. The molecule has 156 valence electrons. The molecule has 2 aromatic rings. The van der Waals surface area contributed by atoms with Crippen LogP contribution < -0.4 is 19.5 Å². The van der Waals surface area contributed by atoms with Gasteiger partial charge in [-0.25, -0.2) is 4.79 Å². The summed E-state index contributed by atoms with van der Waals surface area (Å²) in [6, 6.07) is 14.2. The van der Waals surface area contributed by atoms with Crippen LogP contribution in [-0.4, -0.2) is 44.3 Å². The van der Waals surface area contributed by atoms with Crippen LogP contribution in [0.1, 0.15) is 31.1 Å². The van der Waals surface area contributed by atoms with Crippen LogP contribution in [-0.2, 0) is 9.53 Å². The molecule has 0 bridgehead atoms. The molecule has 0 fully saturated rings. The van der Waals surface area contributed by atoms with Crippen LogP contribution in [0.4, 0.5) is 0 Å². The van der Waals surface area contributed by atoms with E-state index in [1.807, 2.05) is 51.1 Å². The van der Waals surface area contributed by atoms with Crippen LogP contribution in [0.3, 0.4) is 0 Å². The van der Waals surface area contributed by atoms with Crippen molar-refractivity contribution in [2.24, 2.45) is 0 Å². The van der Waals surface area contributed by atoms with E-state index >= 15 is 0 Å². The molecule has 2 rings (SSSR count). The molecule has 0 radical (unpaired) electrons. The van der Waals surface area contributed by atoms with Gasteiger partial charge >= 0.3 is 5.97 Å². The average Bonchev–Trinajstić information content (AvgIpc) is 2.70. The Kier molecular flexibility index (Phi) is 8.82. The van der Waals surface area contributed by atoms with Crippen molar-refractivity contribution in [3.8, 4) is 17.2 Å². The van der Waals surface area contributed by atoms with E-state index in [-0.39, 0.29) is 24.1 Å². The van der Waals surface area contributed by atoms with E-state index in [1.165, 1.54) is 0 Å². The molecule has 2 aromatic carbocycles. The van der Waals surface area contributed by atoms with Crippen molar-refractivity contribution >= 4 is 11.9 Å². The first-order valence-corrected chi connectivity index (χ1v) is 9.53. The van der Waals surface area contributed by atoms with Crippen molar-refractivity contribution in [2.75, 3.05) is 26.4 Å². The largest absolute Gasteiger partial charge is 0.490 e. The highest BCUT2D eigenvalue weighted by Crippen LogP contribution is 2.29. The van der Waals surface area contributed by atoms with Gasteiger partial charge in [-0.15, -0.1) is 0 Å². The predicted molar refractivity (Wildman–Crippen MR) is 109 cm³/mol. The zero-order valence-corrected chi connectivity index (χ0v) is 17.0. The van der Waals surface area contributed by atoms with Crippen molar-refractivity contribution < 1.29 is 28.5 Å². The molecule has 0 unspecified atom stereocenters. The second-order valence-electron chi connectivity index (χ2n) is 6.40. The molecule has 0 heterocycles. The van der Waals surface area contributed by atoms with Gasteiger partial charge in [-0.1, -0.05) is 18.2 Å². The van der Waals surface area contributed by atoms with E-state index in [2.05, 4.69) is 5.32 Å². The van der Waals surface area contributed by atoms with Crippen molar-refractivity contribution in [3.63, 3.8) is 0 Å². The van der Waals surface area contributed by atoms with E-state index in [0.29, 0.717) is 31.3 Å². The Morgan fingerprint density at radius 1 is 0.931 bits per heavy atom. The van der Waals surface area contributed by atoms with Gasteiger partial charge in [-0.2, -0.15) is 0 Å². The zero-order chi connectivity index (χ0) is 21.1. The van der Waals surface area contributed by atoms with E-state index < -0.39 is 5.97 Å².